The van der Waals surface area contributed by atoms with Crippen LogP contribution in [0.25, 0.3) is 0 Å². The van der Waals surface area contributed by atoms with Gasteiger partial charge in [-0.15, -0.1) is 11.8 Å². The third kappa shape index (κ3) is 3.82. The normalized spacial score (nSPS) is 18.2. The van der Waals surface area contributed by atoms with Crippen molar-refractivity contribution in [3.05, 3.63) is 92.9 Å². The number of carbonyl (C=O) groups excluding carboxylic acids is 1. The number of thioether (sulfide) groups is 1. The summed E-state index contributed by atoms with van der Waals surface area (Å²) in [6, 6.07) is 12.7. The fourth-order valence-corrected chi connectivity index (χ4v) is 5.82. The average molecular weight is 520 g/mol. The van der Waals surface area contributed by atoms with Crippen molar-refractivity contribution in [2.24, 2.45) is 0 Å². The van der Waals surface area contributed by atoms with Gasteiger partial charge in [-0.05, 0) is 29.7 Å². The molecular weight excluding hydrogens is 498 g/mol. The lowest BCUT2D eigenvalue weighted by Crippen LogP contribution is -2.61. The van der Waals surface area contributed by atoms with Gasteiger partial charge in [-0.1, -0.05) is 42.5 Å². The van der Waals surface area contributed by atoms with Crippen LogP contribution >= 0.6 is 11.8 Å². The second-order valence-electron chi connectivity index (χ2n) is 8.64. The molecule has 3 aromatic rings. The molecule has 3 heterocycles. The first-order valence-electron chi connectivity index (χ1n) is 11.1. The predicted octanol–water partition coefficient (Wildman–Crippen LogP) is 4.72. The Morgan fingerprint density at radius 3 is 2.44 bits per heavy atom. The molecule has 1 amide bonds. The van der Waals surface area contributed by atoms with E-state index in [4.69, 9.17) is 0 Å². The lowest BCUT2D eigenvalue weighted by atomic mass is 9.94. The molecule has 0 saturated carbocycles. The number of benzene rings is 2. The molecule has 188 valence electrons. The van der Waals surface area contributed by atoms with Crippen LogP contribution in [-0.2, 0) is 12.4 Å². The van der Waals surface area contributed by atoms with Crippen molar-refractivity contribution in [1.82, 2.24) is 9.58 Å². The number of rotatable bonds is 3. The van der Waals surface area contributed by atoms with Gasteiger partial charge in [-0.2, -0.15) is 13.2 Å². The maximum absolute atomic E-state index is 14.2. The topological polar surface area (TPSA) is 65.8 Å². The van der Waals surface area contributed by atoms with E-state index in [-0.39, 0.29) is 5.69 Å². The van der Waals surface area contributed by atoms with E-state index in [0.717, 1.165) is 39.3 Å². The zero-order valence-electron chi connectivity index (χ0n) is 19.0. The number of hydrogen-bond acceptors (Lipinski definition) is 5. The molecule has 2 aromatic carbocycles. The van der Waals surface area contributed by atoms with Gasteiger partial charge in [-0.25, -0.2) is 9.07 Å². The summed E-state index contributed by atoms with van der Waals surface area (Å²) in [6.07, 6.45) is -4.77. The Kier molecular flexibility index (Phi) is 5.98. The molecule has 2 aliphatic heterocycles. The van der Waals surface area contributed by atoms with E-state index in [9.17, 15) is 32.3 Å². The Morgan fingerprint density at radius 2 is 1.75 bits per heavy atom. The van der Waals surface area contributed by atoms with Crippen molar-refractivity contribution in [2.75, 3.05) is 11.7 Å². The van der Waals surface area contributed by atoms with Crippen LogP contribution in [-0.4, -0.2) is 39.5 Å². The van der Waals surface area contributed by atoms with E-state index in [2.05, 4.69) is 0 Å². The molecule has 36 heavy (non-hydrogen) atoms. The highest BCUT2D eigenvalue weighted by molar-refractivity contribution is 7.98. The summed E-state index contributed by atoms with van der Waals surface area (Å²) in [5.74, 6) is -1.63. The first-order chi connectivity index (χ1) is 17.1. The van der Waals surface area contributed by atoms with Crippen LogP contribution in [0.15, 0.2) is 64.3 Å². The molecule has 0 spiro atoms. The Bertz CT molecular complexity index is 1360. The second kappa shape index (κ2) is 8.88. The first kappa shape index (κ1) is 24.2. The minimum absolute atomic E-state index is 0.243. The van der Waals surface area contributed by atoms with Crippen LogP contribution < -0.4 is 10.4 Å². The number of carbonyl (C=O) groups is 1. The van der Waals surface area contributed by atoms with Crippen molar-refractivity contribution < 1.29 is 27.5 Å². The number of aromatic hydroxyl groups is 1. The van der Waals surface area contributed by atoms with Crippen LogP contribution in [0.2, 0.25) is 0 Å². The first-order valence-corrected chi connectivity index (χ1v) is 12.1. The van der Waals surface area contributed by atoms with Gasteiger partial charge in [0, 0.05) is 16.7 Å². The van der Waals surface area contributed by atoms with Crippen molar-refractivity contribution in [3.63, 3.8) is 0 Å². The molecule has 11 heteroatoms. The fourth-order valence-electron chi connectivity index (χ4n) is 4.73. The van der Waals surface area contributed by atoms with Crippen molar-refractivity contribution in [3.8, 4) is 5.75 Å². The summed E-state index contributed by atoms with van der Waals surface area (Å²) in [7, 11) is 0. The summed E-state index contributed by atoms with van der Waals surface area (Å²) in [4.78, 5) is 27.1. The summed E-state index contributed by atoms with van der Waals surface area (Å²) in [5, 5.41) is 12.0. The van der Waals surface area contributed by atoms with Gasteiger partial charge in [0.15, 0.2) is 11.4 Å². The lowest BCUT2D eigenvalue weighted by Gasteiger charge is -2.46. The number of alkyl halides is 4. The molecule has 0 bridgehead atoms. The monoisotopic (exact) mass is 519 g/mol. The zero-order valence-corrected chi connectivity index (χ0v) is 19.8. The summed E-state index contributed by atoms with van der Waals surface area (Å²) in [6.45, 7) is -0.892. The van der Waals surface area contributed by atoms with E-state index in [1.54, 1.807) is 23.9 Å². The quantitative estimate of drug-likeness (QED) is 0.508. The van der Waals surface area contributed by atoms with E-state index in [1.807, 2.05) is 36.4 Å². The molecule has 1 aromatic heterocycles. The van der Waals surface area contributed by atoms with Gasteiger partial charge in [-0.3, -0.25) is 14.6 Å². The highest BCUT2D eigenvalue weighted by Crippen LogP contribution is 2.43. The van der Waals surface area contributed by atoms with Gasteiger partial charge < -0.3 is 10.0 Å². The number of amides is 1. The van der Waals surface area contributed by atoms with E-state index in [1.165, 1.54) is 5.01 Å². The van der Waals surface area contributed by atoms with Gasteiger partial charge in [0.1, 0.15) is 19.4 Å². The van der Waals surface area contributed by atoms with Crippen LogP contribution in [0, 0.1) is 0 Å². The van der Waals surface area contributed by atoms with E-state index in [0.29, 0.717) is 10.7 Å². The summed E-state index contributed by atoms with van der Waals surface area (Å²) >= 11 is 1.56. The summed E-state index contributed by atoms with van der Waals surface area (Å²) in [5.41, 5.74) is 0.454. The van der Waals surface area contributed by atoms with Gasteiger partial charge in [0.25, 0.3) is 5.91 Å². The second-order valence-corrected chi connectivity index (χ2v) is 9.66. The van der Waals surface area contributed by atoms with Crippen molar-refractivity contribution in [1.29, 1.82) is 0 Å². The molecule has 0 saturated heterocycles. The molecule has 5 rings (SSSR count). The van der Waals surface area contributed by atoms with Crippen LogP contribution in [0.5, 0.6) is 5.75 Å². The third-order valence-corrected chi connectivity index (χ3v) is 7.72. The molecule has 1 N–H and O–H groups in total. The Labute approximate surface area is 207 Å². The molecule has 2 aliphatic rings. The van der Waals surface area contributed by atoms with Crippen molar-refractivity contribution in [2.45, 2.75) is 42.5 Å². The molecule has 0 radical (unpaired) electrons. The highest BCUT2D eigenvalue weighted by Gasteiger charge is 2.48. The van der Waals surface area contributed by atoms with E-state index >= 15 is 0 Å². The fraction of sp³-hybridized carbons (Fsp3) is 0.280. The molecular formula is C25H21F4N3O3S. The Balaban J connectivity index is 1.83. The molecule has 0 unspecified atom stereocenters. The molecule has 0 aliphatic carbocycles. The highest BCUT2D eigenvalue weighted by atomic mass is 32.2. The minimum Gasteiger partial charge on any atom is -0.502 e. The summed E-state index contributed by atoms with van der Waals surface area (Å²) < 4.78 is 56.8. The van der Waals surface area contributed by atoms with Gasteiger partial charge >= 0.3 is 6.18 Å². The smallest absolute Gasteiger partial charge is 0.408 e. The number of nitrogens with zero attached hydrogens (tertiary/aromatic N) is 3. The lowest BCUT2D eigenvalue weighted by molar-refractivity contribution is -0.173. The molecule has 2 atom stereocenters. The Hall–Kier alpha value is -3.47. The van der Waals surface area contributed by atoms with Crippen molar-refractivity contribution >= 4 is 17.7 Å². The Morgan fingerprint density at radius 1 is 1.08 bits per heavy atom. The van der Waals surface area contributed by atoms with Crippen LogP contribution in [0.3, 0.4) is 0 Å². The number of fused-ring (bicyclic) bond motifs is 3. The maximum atomic E-state index is 14.2. The van der Waals surface area contributed by atoms with Gasteiger partial charge in [0.05, 0.1) is 11.7 Å². The van der Waals surface area contributed by atoms with Gasteiger partial charge in [0.2, 0.25) is 5.43 Å². The average Bonchev–Trinajstić information content (AvgIpc) is 3.02. The largest absolute Gasteiger partial charge is 0.502 e. The number of hydrogen-bond donors (Lipinski definition) is 1. The zero-order chi connectivity index (χ0) is 25.8. The molecule has 6 nitrogen and oxygen atoms in total. The predicted molar refractivity (Wildman–Crippen MR) is 126 cm³/mol. The number of pyridine rings is 1. The maximum Gasteiger partial charge on any atom is 0.408 e. The number of halogens is 4. The SMILES string of the molecule is C[C@@H](N1CN([C@@H]2c3ccccc3CSc3ccccc32)n2c(CF)cc(=O)c(O)c2C1=O)C(F)(F)F. The third-order valence-electron chi connectivity index (χ3n) is 6.58. The number of aromatic nitrogens is 1. The van der Waals surface area contributed by atoms with Crippen LogP contribution in [0.1, 0.15) is 45.8 Å². The van der Waals surface area contributed by atoms with E-state index < -0.39 is 54.4 Å². The van der Waals surface area contributed by atoms with Crippen LogP contribution in [0.4, 0.5) is 17.6 Å². The standard InChI is InChI=1S/C25H21F4N3O3S/c1-14(25(27,28)29)30-13-31(32-16(11-26)10-19(33)23(34)22(32)24(30)35)21-17-7-3-2-6-15(17)12-36-20-9-5-4-8-18(20)21/h2-10,14,21,34H,11-13H2,1H3/t14-,21-/m1/s1. The minimum atomic E-state index is -4.77. The molecule has 0 fully saturated rings.